The highest BCUT2D eigenvalue weighted by molar-refractivity contribution is 6.10. The summed E-state index contributed by atoms with van der Waals surface area (Å²) >= 11 is 0. The average molecular weight is 375 g/mol. The van der Waals surface area contributed by atoms with Gasteiger partial charge in [0, 0.05) is 31.9 Å². The zero-order chi connectivity index (χ0) is 20.2. The molecule has 1 aliphatic rings. The second-order valence-electron chi connectivity index (χ2n) is 7.38. The Morgan fingerprint density at radius 2 is 1.67 bits per heavy atom. The fraction of sp³-hybridized carbons (Fsp3) is 0.550. The van der Waals surface area contributed by atoms with Crippen LogP contribution in [0.1, 0.15) is 31.9 Å². The van der Waals surface area contributed by atoms with E-state index in [1.54, 1.807) is 30.6 Å². The summed E-state index contributed by atoms with van der Waals surface area (Å²) in [5.74, 6) is -0.581. The van der Waals surface area contributed by atoms with Gasteiger partial charge in [0.05, 0.1) is 6.61 Å². The van der Waals surface area contributed by atoms with Gasteiger partial charge < -0.3 is 19.9 Å². The van der Waals surface area contributed by atoms with Crippen molar-refractivity contribution in [2.24, 2.45) is 5.41 Å². The van der Waals surface area contributed by atoms with Crippen molar-refractivity contribution in [1.82, 2.24) is 9.80 Å². The molecule has 27 heavy (non-hydrogen) atoms. The molecular weight excluding hydrogens is 346 g/mol. The molecule has 1 aromatic rings. The highest BCUT2D eigenvalue weighted by Gasteiger charge is 2.40. The number of hydrogen-bond acceptors (Lipinski definition) is 4. The lowest BCUT2D eigenvalue weighted by Gasteiger charge is -2.37. The SMILES string of the molecule is CCOC(=O)N1CCN(C(=O)C(C)(C)C(=O)Nc2cc(C)ccc2C)CC1. The Balaban J connectivity index is 2.01. The van der Waals surface area contributed by atoms with Crippen LogP contribution in [-0.2, 0) is 14.3 Å². The van der Waals surface area contributed by atoms with Crippen molar-refractivity contribution in [3.05, 3.63) is 29.3 Å². The van der Waals surface area contributed by atoms with Gasteiger partial charge in [-0.1, -0.05) is 12.1 Å². The van der Waals surface area contributed by atoms with E-state index in [-0.39, 0.29) is 17.9 Å². The molecule has 1 heterocycles. The largest absolute Gasteiger partial charge is 0.450 e. The van der Waals surface area contributed by atoms with Gasteiger partial charge in [0.25, 0.3) is 0 Å². The number of carbonyl (C=O) groups excluding carboxylic acids is 3. The number of ether oxygens (including phenoxy) is 1. The van der Waals surface area contributed by atoms with E-state index in [9.17, 15) is 14.4 Å². The van der Waals surface area contributed by atoms with Gasteiger partial charge in [0.15, 0.2) is 0 Å². The lowest BCUT2D eigenvalue weighted by molar-refractivity contribution is -0.147. The zero-order valence-electron chi connectivity index (χ0n) is 16.8. The number of nitrogens with one attached hydrogen (secondary N) is 1. The molecule has 0 spiro atoms. The van der Waals surface area contributed by atoms with Gasteiger partial charge in [0.1, 0.15) is 5.41 Å². The Morgan fingerprint density at radius 1 is 1.07 bits per heavy atom. The molecular formula is C20H29N3O4. The third-order valence-electron chi connectivity index (χ3n) is 4.84. The minimum absolute atomic E-state index is 0.242. The molecule has 3 amide bonds. The number of hydrogen-bond donors (Lipinski definition) is 1. The highest BCUT2D eigenvalue weighted by atomic mass is 16.6. The maximum Gasteiger partial charge on any atom is 0.409 e. The molecule has 0 bridgehead atoms. The van der Waals surface area contributed by atoms with E-state index < -0.39 is 5.41 Å². The first-order valence-electron chi connectivity index (χ1n) is 9.26. The number of anilines is 1. The van der Waals surface area contributed by atoms with Crippen molar-refractivity contribution in [3.63, 3.8) is 0 Å². The molecule has 0 aliphatic carbocycles. The van der Waals surface area contributed by atoms with E-state index in [1.165, 1.54) is 0 Å². The van der Waals surface area contributed by atoms with Gasteiger partial charge in [-0.15, -0.1) is 0 Å². The second-order valence-corrected chi connectivity index (χ2v) is 7.38. The quantitative estimate of drug-likeness (QED) is 0.821. The van der Waals surface area contributed by atoms with Gasteiger partial charge >= 0.3 is 6.09 Å². The third kappa shape index (κ3) is 4.78. The summed E-state index contributed by atoms with van der Waals surface area (Å²) in [5.41, 5.74) is 1.49. The molecule has 0 aromatic heterocycles. The fourth-order valence-electron chi connectivity index (χ4n) is 2.95. The number of piperazine rings is 1. The molecule has 1 N–H and O–H groups in total. The fourth-order valence-corrected chi connectivity index (χ4v) is 2.95. The van der Waals surface area contributed by atoms with Crippen LogP contribution < -0.4 is 5.32 Å². The smallest absolute Gasteiger partial charge is 0.409 e. The Bertz CT molecular complexity index is 722. The molecule has 148 valence electrons. The Labute approximate surface area is 160 Å². The van der Waals surface area contributed by atoms with Crippen LogP contribution in [0.3, 0.4) is 0 Å². The number of carbonyl (C=O) groups is 3. The zero-order valence-corrected chi connectivity index (χ0v) is 16.8. The monoisotopic (exact) mass is 375 g/mol. The summed E-state index contributed by atoms with van der Waals surface area (Å²) in [6.45, 7) is 10.8. The van der Waals surface area contributed by atoms with Crippen molar-refractivity contribution >= 4 is 23.6 Å². The second kappa shape index (κ2) is 8.41. The van der Waals surface area contributed by atoms with Gasteiger partial charge in [0.2, 0.25) is 11.8 Å². The van der Waals surface area contributed by atoms with Crippen LogP contribution >= 0.6 is 0 Å². The van der Waals surface area contributed by atoms with Crippen molar-refractivity contribution in [2.45, 2.75) is 34.6 Å². The van der Waals surface area contributed by atoms with Crippen LogP contribution in [0.25, 0.3) is 0 Å². The van der Waals surface area contributed by atoms with Crippen molar-refractivity contribution in [3.8, 4) is 0 Å². The highest BCUT2D eigenvalue weighted by Crippen LogP contribution is 2.25. The Hall–Kier alpha value is -2.57. The molecule has 7 nitrogen and oxygen atoms in total. The number of rotatable bonds is 4. The number of amides is 3. The molecule has 1 aliphatic heterocycles. The normalized spacial score (nSPS) is 14.7. The van der Waals surface area contributed by atoms with Crippen LogP contribution in [0, 0.1) is 19.3 Å². The number of benzene rings is 1. The molecule has 1 saturated heterocycles. The summed E-state index contributed by atoms with van der Waals surface area (Å²) in [6.07, 6.45) is -0.364. The van der Waals surface area contributed by atoms with Crippen LogP contribution in [0.2, 0.25) is 0 Å². The van der Waals surface area contributed by atoms with E-state index in [4.69, 9.17) is 4.74 Å². The summed E-state index contributed by atoms with van der Waals surface area (Å²) in [4.78, 5) is 40.7. The summed E-state index contributed by atoms with van der Waals surface area (Å²) in [6, 6.07) is 5.81. The van der Waals surface area contributed by atoms with Crippen molar-refractivity contribution < 1.29 is 19.1 Å². The molecule has 1 aromatic carbocycles. The van der Waals surface area contributed by atoms with E-state index in [0.29, 0.717) is 38.5 Å². The molecule has 1 fully saturated rings. The molecule has 0 unspecified atom stereocenters. The van der Waals surface area contributed by atoms with Crippen LogP contribution in [0.4, 0.5) is 10.5 Å². The first kappa shape index (κ1) is 20.7. The van der Waals surface area contributed by atoms with Gasteiger partial charge in [-0.3, -0.25) is 9.59 Å². The number of aryl methyl sites for hydroxylation is 2. The number of nitrogens with zero attached hydrogens (tertiary/aromatic N) is 2. The molecule has 0 radical (unpaired) electrons. The first-order chi connectivity index (χ1) is 12.7. The van der Waals surface area contributed by atoms with Crippen molar-refractivity contribution in [2.75, 3.05) is 38.1 Å². The lowest BCUT2D eigenvalue weighted by atomic mass is 9.89. The van der Waals surface area contributed by atoms with E-state index in [0.717, 1.165) is 11.1 Å². The van der Waals surface area contributed by atoms with E-state index in [1.807, 2.05) is 32.0 Å². The average Bonchev–Trinajstić information content (AvgIpc) is 2.64. The predicted molar refractivity (Wildman–Crippen MR) is 104 cm³/mol. The minimum Gasteiger partial charge on any atom is -0.450 e. The Morgan fingerprint density at radius 3 is 2.26 bits per heavy atom. The summed E-state index contributed by atoms with van der Waals surface area (Å²) in [5, 5.41) is 2.88. The minimum atomic E-state index is -1.21. The van der Waals surface area contributed by atoms with Crippen LogP contribution in [0.15, 0.2) is 18.2 Å². The topological polar surface area (TPSA) is 79.0 Å². The lowest BCUT2D eigenvalue weighted by Crippen LogP contribution is -2.55. The Kier molecular flexibility index (Phi) is 6.46. The molecule has 0 saturated carbocycles. The van der Waals surface area contributed by atoms with Gasteiger partial charge in [-0.05, 0) is 51.8 Å². The van der Waals surface area contributed by atoms with E-state index in [2.05, 4.69) is 5.32 Å². The molecule has 2 rings (SSSR count). The van der Waals surface area contributed by atoms with Crippen molar-refractivity contribution in [1.29, 1.82) is 0 Å². The molecule has 7 heteroatoms. The maximum atomic E-state index is 12.9. The standard InChI is InChI=1S/C20H29N3O4/c1-6-27-19(26)23-11-9-22(10-12-23)18(25)20(4,5)17(24)21-16-13-14(2)7-8-15(16)3/h7-8,13H,6,9-12H2,1-5H3,(H,21,24). The predicted octanol–water partition coefficient (Wildman–Crippen LogP) is 2.57. The summed E-state index contributed by atoms with van der Waals surface area (Å²) in [7, 11) is 0. The summed E-state index contributed by atoms with van der Waals surface area (Å²) < 4.78 is 4.99. The van der Waals surface area contributed by atoms with Crippen LogP contribution in [0.5, 0.6) is 0 Å². The molecule has 0 atom stereocenters. The third-order valence-corrected chi connectivity index (χ3v) is 4.84. The van der Waals surface area contributed by atoms with Crippen LogP contribution in [-0.4, -0.2) is 60.5 Å². The first-order valence-corrected chi connectivity index (χ1v) is 9.26. The van der Waals surface area contributed by atoms with Gasteiger partial charge in [-0.2, -0.15) is 0 Å². The van der Waals surface area contributed by atoms with E-state index >= 15 is 0 Å². The van der Waals surface area contributed by atoms with Gasteiger partial charge in [-0.25, -0.2) is 4.79 Å². The maximum absolute atomic E-state index is 12.9.